The zero-order valence-corrected chi connectivity index (χ0v) is 11.9. The molecule has 5 heteroatoms. The first-order valence-corrected chi connectivity index (χ1v) is 6.96. The lowest BCUT2D eigenvalue weighted by Crippen LogP contribution is -2.05. The van der Waals surface area contributed by atoms with Gasteiger partial charge >= 0.3 is 0 Å². The van der Waals surface area contributed by atoms with E-state index < -0.39 is 0 Å². The second-order valence-electron chi connectivity index (χ2n) is 4.94. The summed E-state index contributed by atoms with van der Waals surface area (Å²) in [7, 11) is 0. The fourth-order valence-electron chi connectivity index (χ4n) is 2.29. The zero-order chi connectivity index (χ0) is 14.7. The zero-order valence-electron chi connectivity index (χ0n) is 11.9. The van der Waals surface area contributed by atoms with Gasteiger partial charge in [-0.2, -0.15) is 0 Å². The normalized spacial score (nSPS) is 10.9. The van der Waals surface area contributed by atoms with Gasteiger partial charge in [-0.25, -0.2) is 4.98 Å². The number of hydrogen-bond acceptors (Lipinski definition) is 3. The maximum absolute atomic E-state index is 11.2. The van der Waals surface area contributed by atoms with E-state index in [2.05, 4.69) is 14.5 Å². The molecule has 0 spiro atoms. The molecule has 0 fully saturated rings. The van der Waals surface area contributed by atoms with Gasteiger partial charge < -0.3 is 14.3 Å². The lowest BCUT2D eigenvalue weighted by Gasteiger charge is -2.08. The first-order valence-electron chi connectivity index (χ1n) is 6.96. The van der Waals surface area contributed by atoms with Crippen LogP contribution in [-0.2, 0) is 6.54 Å². The number of aromatic nitrogens is 3. The van der Waals surface area contributed by atoms with Crippen molar-refractivity contribution in [2.75, 3.05) is 6.61 Å². The maximum Gasteiger partial charge on any atom is 0.248 e. The molecule has 0 saturated heterocycles. The number of ether oxygens (including phenoxy) is 1. The van der Waals surface area contributed by atoms with Gasteiger partial charge in [-0.05, 0) is 37.6 Å². The second kappa shape index (κ2) is 5.83. The summed E-state index contributed by atoms with van der Waals surface area (Å²) in [4.78, 5) is 18.2. The third kappa shape index (κ3) is 3.13. The van der Waals surface area contributed by atoms with E-state index in [-0.39, 0.29) is 5.56 Å². The molecule has 0 saturated carbocycles. The van der Waals surface area contributed by atoms with Crippen LogP contribution in [0.2, 0.25) is 0 Å². The molecule has 2 aromatic heterocycles. The third-order valence-electron chi connectivity index (χ3n) is 3.43. The minimum absolute atomic E-state index is 0.0909. The van der Waals surface area contributed by atoms with Gasteiger partial charge in [-0.15, -0.1) is 0 Å². The summed E-state index contributed by atoms with van der Waals surface area (Å²) >= 11 is 0. The predicted molar refractivity (Wildman–Crippen MR) is 81.6 cm³/mol. The Kier molecular flexibility index (Phi) is 3.73. The fourth-order valence-corrected chi connectivity index (χ4v) is 2.29. The van der Waals surface area contributed by atoms with Gasteiger partial charge in [-0.1, -0.05) is 0 Å². The lowest BCUT2D eigenvalue weighted by atomic mass is 10.2. The Morgan fingerprint density at radius 1 is 1.29 bits per heavy atom. The SMILES string of the molecule is Cc1nccn1CCCOc1ccc2[nH]c(=O)ccc2c1. The van der Waals surface area contributed by atoms with Crippen molar-refractivity contribution >= 4 is 10.9 Å². The molecule has 0 atom stereocenters. The number of nitrogens with zero attached hydrogens (tertiary/aromatic N) is 2. The monoisotopic (exact) mass is 283 g/mol. The number of aromatic amines is 1. The Balaban J connectivity index is 1.59. The molecule has 0 aliphatic rings. The highest BCUT2D eigenvalue weighted by atomic mass is 16.5. The second-order valence-corrected chi connectivity index (χ2v) is 4.94. The van der Waals surface area contributed by atoms with Crippen molar-refractivity contribution in [3.63, 3.8) is 0 Å². The first kappa shape index (κ1) is 13.4. The predicted octanol–water partition coefficient (Wildman–Crippen LogP) is 2.50. The number of fused-ring (bicyclic) bond motifs is 1. The van der Waals surface area contributed by atoms with Gasteiger partial charge in [0.25, 0.3) is 0 Å². The van der Waals surface area contributed by atoms with Crippen LogP contribution in [0.3, 0.4) is 0 Å². The molecule has 0 bridgehead atoms. The van der Waals surface area contributed by atoms with Crippen LogP contribution in [0.25, 0.3) is 10.9 Å². The summed E-state index contributed by atoms with van der Waals surface area (Å²) < 4.78 is 7.86. The van der Waals surface area contributed by atoms with E-state index in [1.165, 1.54) is 6.07 Å². The Morgan fingerprint density at radius 3 is 3.00 bits per heavy atom. The van der Waals surface area contributed by atoms with Crippen LogP contribution in [-0.4, -0.2) is 21.1 Å². The van der Waals surface area contributed by atoms with Gasteiger partial charge in [0, 0.05) is 35.9 Å². The molecule has 0 amide bonds. The van der Waals surface area contributed by atoms with Crippen LogP contribution in [0.4, 0.5) is 0 Å². The van der Waals surface area contributed by atoms with Crippen molar-refractivity contribution in [3.05, 3.63) is 58.9 Å². The first-order chi connectivity index (χ1) is 10.2. The van der Waals surface area contributed by atoms with E-state index in [4.69, 9.17) is 4.74 Å². The van der Waals surface area contributed by atoms with Crippen LogP contribution in [0.5, 0.6) is 5.75 Å². The minimum atomic E-state index is -0.0909. The van der Waals surface area contributed by atoms with Crippen LogP contribution in [0, 0.1) is 6.92 Å². The highest BCUT2D eigenvalue weighted by Gasteiger charge is 2.00. The average Bonchev–Trinajstić information content (AvgIpc) is 2.89. The Bertz CT molecular complexity index is 804. The molecular weight excluding hydrogens is 266 g/mol. The Morgan fingerprint density at radius 2 is 2.19 bits per heavy atom. The maximum atomic E-state index is 11.2. The van der Waals surface area contributed by atoms with E-state index in [1.54, 1.807) is 12.3 Å². The van der Waals surface area contributed by atoms with Gasteiger partial charge in [0.1, 0.15) is 11.6 Å². The number of imidazole rings is 1. The van der Waals surface area contributed by atoms with Crippen molar-refractivity contribution in [1.82, 2.24) is 14.5 Å². The topological polar surface area (TPSA) is 59.9 Å². The number of benzene rings is 1. The van der Waals surface area contributed by atoms with Gasteiger partial charge in [0.15, 0.2) is 0 Å². The highest BCUT2D eigenvalue weighted by Crippen LogP contribution is 2.18. The smallest absolute Gasteiger partial charge is 0.248 e. The van der Waals surface area contributed by atoms with Gasteiger partial charge in [0.2, 0.25) is 5.56 Å². The third-order valence-corrected chi connectivity index (χ3v) is 3.43. The van der Waals surface area contributed by atoms with E-state index in [9.17, 15) is 4.79 Å². The molecule has 2 heterocycles. The Labute approximate surface area is 122 Å². The molecule has 0 unspecified atom stereocenters. The van der Waals surface area contributed by atoms with Crippen LogP contribution < -0.4 is 10.3 Å². The Hall–Kier alpha value is -2.56. The number of nitrogens with one attached hydrogen (secondary N) is 1. The lowest BCUT2D eigenvalue weighted by molar-refractivity contribution is 0.301. The van der Waals surface area contributed by atoms with Gasteiger partial charge in [0.05, 0.1) is 6.61 Å². The molecule has 0 aliphatic heterocycles. The number of pyridine rings is 1. The molecule has 1 N–H and O–H groups in total. The minimum Gasteiger partial charge on any atom is -0.494 e. The summed E-state index contributed by atoms with van der Waals surface area (Å²) in [6.07, 6.45) is 4.70. The number of rotatable bonds is 5. The van der Waals surface area contributed by atoms with Crippen molar-refractivity contribution in [3.8, 4) is 5.75 Å². The summed E-state index contributed by atoms with van der Waals surface area (Å²) in [5, 5.41) is 0.970. The fraction of sp³-hybridized carbons (Fsp3) is 0.250. The molecule has 1 aromatic carbocycles. The number of aryl methyl sites for hydroxylation is 2. The van der Waals surface area contributed by atoms with Crippen LogP contribution in [0.15, 0.2) is 47.5 Å². The van der Waals surface area contributed by atoms with Crippen LogP contribution in [0.1, 0.15) is 12.2 Å². The van der Waals surface area contributed by atoms with Crippen LogP contribution >= 0.6 is 0 Å². The van der Waals surface area contributed by atoms with E-state index in [0.717, 1.165) is 35.4 Å². The quantitative estimate of drug-likeness (QED) is 0.732. The standard InChI is InChI=1S/C16H17N3O2/c1-12-17-7-9-19(12)8-2-10-21-14-4-5-15-13(11-14)3-6-16(20)18-15/h3-7,9,11H,2,8,10H2,1H3,(H,18,20). The van der Waals surface area contributed by atoms with E-state index in [1.807, 2.05) is 31.3 Å². The summed E-state index contributed by atoms with van der Waals surface area (Å²) in [6, 6.07) is 9.00. The molecule has 0 radical (unpaired) electrons. The molecule has 3 rings (SSSR count). The summed E-state index contributed by atoms with van der Waals surface area (Å²) in [6.45, 7) is 3.53. The van der Waals surface area contributed by atoms with Gasteiger partial charge in [-0.3, -0.25) is 4.79 Å². The van der Waals surface area contributed by atoms with Crippen molar-refractivity contribution in [2.45, 2.75) is 19.9 Å². The molecule has 108 valence electrons. The number of hydrogen-bond donors (Lipinski definition) is 1. The van der Waals surface area contributed by atoms with E-state index >= 15 is 0 Å². The highest BCUT2D eigenvalue weighted by molar-refractivity contribution is 5.79. The van der Waals surface area contributed by atoms with E-state index in [0.29, 0.717) is 6.61 Å². The van der Waals surface area contributed by atoms with Crippen molar-refractivity contribution in [2.24, 2.45) is 0 Å². The average molecular weight is 283 g/mol. The van der Waals surface area contributed by atoms with Crippen molar-refractivity contribution < 1.29 is 4.74 Å². The van der Waals surface area contributed by atoms with Crippen molar-refractivity contribution in [1.29, 1.82) is 0 Å². The molecule has 3 aromatic rings. The molecule has 5 nitrogen and oxygen atoms in total. The summed E-state index contributed by atoms with van der Waals surface area (Å²) in [5.74, 6) is 1.83. The number of H-pyrrole nitrogens is 1. The largest absolute Gasteiger partial charge is 0.494 e. The molecular formula is C16H17N3O2. The molecule has 0 aliphatic carbocycles. The summed E-state index contributed by atoms with van der Waals surface area (Å²) in [5.41, 5.74) is 0.732. The molecule has 21 heavy (non-hydrogen) atoms.